The van der Waals surface area contributed by atoms with Crippen molar-refractivity contribution in [2.45, 2.75) is 13.3 Å². The molecule has 19 heavy (non-hydrogen) atoms. The number of aromatic nitrogens is 3. The first-order valence-corrected chi connectivity index (χ1v) is 5.86. The van der Waals surface area contributed by atoms with Crippen LogP contribution in [0.15, 0.2) is 0 Å². The van der Waals surface area contributed by atoms with Crippen LogP contribution in [0, 0.1) is 0 Å². The number of nitrogens with one attached hydrogen (secondary N) is 2. The zero-order valence-corrected chi connectivity index (χ0v) is 11.3. The maximum atomic E-state index is 11.4. The molecule has 9 heteroatoms. The Balaban J connectivity index is 2.61. The number of nitrogen functional groups attached to an aromatic ring is 1. The molecule has 1 amide bonds. The molecule has 1 heterocycles. The van der Waals surface area contributed by atoms with Gasteiger partial charge in [0, 0.05) is 27.1 Å². The van der Waals surface area contributed by atoms with Crippen molar-refractivity contribution in [3.63, 3.8) is 0 Å². The van der Waals surface area contributed by atoms with E-state index in [2.05, 4.69) is 25.7 Å². The summed E-state index contributed by atoms with van der Waals surface area (Å²) in [6.07, 6.45) is 0.341. The lowest BCUT2D eigenvalue weighted by Crippen LogP contribution is -2.24. The molecule has 0 fully saturated rings. The number of carbonyl (C=O) groups is 1. The zero-order chi connectivity index (χ0) is 14.3. The van der Waals surface area contributed by atoms with Gasteiger partial charge in [0.2, 0.25) is 17.8 Å². The van der Waals surface area contributed by atoms with Gasteiger partial charge in [-0.2, -0.15) is 15.0 Å². The molecule has 0 atom stereocenters. The van der Waals surface area contributed by atoms with Gasteiger partial charge in [0.1, 0.15) is 0 Å². The highest BCUT2D eigenvalue weighted by molar-refractivity contribution is 5.75. The number of hydrogen-bond acceptors (Lipinski definition) is 8. The minimum atomic E-state index is 0.0174. The van der Waals surface area contributed by atoms with E-state index in [9.17, 15) is 4.79 Å². The van der Waals surface area contributed by atoms with Crippen LogP contribution >= 0.6 is 0 Å². The Morgan fingerprint density at radius 1 is 1.32 bits per heavy atom. The fourth-order valence-electron chi connectivity index (χ4n) is 1.20. The summed E-state index contributed by atoms with van der Waals surface area (Å²) in [5.74, 6) is 5.77. The van der Waals surface area contributed by atoms with Crippen LogP contribution in [0.3, 0.4) is 0 Å². The number of carbonyl (C=O) groups excluding carboxylic acids is 1. The number of amides is 1. The molecule has 1 aromatic heterocycles. The van der Waals surface area contributed by atoms with Gasteiger partial charge in [0.05, 0.1) is 6.61 Å². The predicted octanol–water partition coefficient (Wildman–Crippen LogP) is -0.554. The van der Waals surface area contributed by atoms with Crippen molar-refractivity contribution in [1.82, 2.24) is 19.9 Å². The number of ether oxygens (including phenoxy) is 1. The Hall–Kier alpha value is -2.16. The summed E-state index contributed by atoms with van der Waals surface area (Å²) < 4.78 is 5.18. The summed E-state index contributed by atoms with van der Waals surface area (Å²) in [6, 6.07) is 0.173. The molecule has 0 radical (unpaired) electrons. The highest BCUT2D eigenvalue weighted by Crippen LogP contribution is 2.10. The Labute approximate surface area is 111 Å². The Morgan fingerprint density at radius 2 is 2.00 bits per heavy atom. The monoisotopic (exact) mass is 269 g/mol. The van der Waals surface area contributed by atoms with E-state index in [-0.39, 0.29) is 17.9 Å². The highest BCUT2D eigenvalue weighted by Gasteiger charge is 2.08. The summed E-state index contributed by atoms with van der Waals surface area (Å²) in [5.41, 5.74) is 2.33. The zero-order valence-electron chi connectivity index (χ0n) is 11.3. The quantitative estimate of drug-likeness (QED) is 0.445. The van der Waals surface area contributed by atoms with Crippen LogP contribution in [0.1, 0.15) is 13.3 Å². The standard InChI is InChI=1S/C10H19N7O2/c1-4-19-10-14-8(13-9(15-10)16-11)12-6-5-7(18)17(2)3/h4-6,11H2,1-3H3,(H2,12,13,14,15,16). The molecular weight excluding hydrogens is 250 g/mol. The lowest BCUT2D eigenvalue weighted by atomic mass is 10.4. The third-order valence-electron chi connectivity index (χ3n) is 2.14. The Morgan fingerprint density at radius 3 is 2.58 bits per heavy atom. The van der Waals surface area contributed by atoms with E-state index in [0.717, 1.165) is 0 Å². The van der Waals surface area contributed by atoms with Crippen molar-refractivity contribution in [1.29, 1.82) is 0 Å². The smallest absolute Gasteiger partial charge is 0.323 e. The van der Waals surface area contributed by atoms with E-state index in [1.54, 1.807) is 14.1 Å². The second kappa shape index (κ2) is 7.31. The SMILES string of the molecule is CCOc1nc(NN)nc(NCCC(=O)N(C)C)n1. The van der Waals surface area contributed by atoms with Gasteiger partial charge in [-0.25, -0.2) is 5.84 Å². The fourth-order valence-corrected chi connectivity index (χ4v) is 1.20. The molecule has 0 aliphatic carbocycles. The minimum Gasteiger partial charge on any atom is -0.464 e. The second-order valence-corrected chi connectivity index (χ2v) is 3.81. The molecule has 0 bridgehead atoms. The summed E-state index contributed by atoms with van der Waals surface area (Å²) in [6.45, 7) is 2.67. The molecule has 0 aliphatic heterocycles. The highest BCUT2D eigenvalue weighted by atomic mass is 16.5. The Kier molecular flexibility index (Phi) is 5.73. The number of nitrogens with two attached hydrogens (primary N) is 1. The molecule has 0 saturated heterocycles. The van der Waals surface area contributed by atoms with Crippen molar-refractivity contribution in [3.05, 3.63) is 0 Å². The lowest BCUT2D eigenvalue weighted by Gasteiger charge is -2.11. The summed E-state index contributed by atoms with van der Waals surface area (Å²) in [5, 5.41) is 2.92. The molecule has 4 N–H and O–H groups in total. The van der Waals surface area contributed by atoms with Crippen LogP contribution in [-0.2, 0) is 4.79 Å². The first-order chi connectivity index (χ1) is 9.06. The fraction of sp³-hybridized carbons (Fsp3) is 0.600. The molecule has 0 aromatic carbocycles. The van der Waals surface area contributed by atoms with Gasteiger partial charge < -0.3 is 15.0 Å². The van der Waals surface area contributed by atoms with Crippen molar-refractivity contribution in [3.8, 4) is 6.01 Å². The third-order valence-corrected chi connectivity index (χ3v) is 2.14. The molecular formula is C10H19N7O2. The van der Waals surface area contributed by atoms with Crippen molar-refractivity contribution in [2.24, 2.45) is 5.84 Å². The van der Waals surface area contributed by atoms with Crippen LogP contribution in [0.5, 0.6) is 6.01 Å². The lowest BCUT2D eigenvalue weighted by molar-refractivity contribution is -0.128. The summed E-state index contributed by atoms with van der Waals surface area (Å²) >= 11 is 0. The molecule has 9 nitrogen and oxygen atoms in total. The van der Waals surface area contributed by atoms with E-state index in [4.69, 9.17) is 10.6 Å². The van der Waals surface area contributed by atoms with Crippen LogP contribution in [0.2, 0.25) is 0 Å². The topological polar surface area (TPSA) is 118 Å². The molecule has 1 aromatic rings. The average molecular weight is 269 g/mol. The van der Waals surface area contributed by atoms with Crippen molar-refractivity contribution < 1.29 is 9.53 Å². The molecule has 1 rings (SSSR count). The second-order valence-electron chi connectivity index (χ2n) is 3.81. The van der Waals surface area contributed by atoms with Crippen molar-refractivity contribution in [2.75, 3.05) is 38.0 Å². The minimum absolute atomic E-state index is 0.0174. The van der Waals surface area contributed by atoms with Crippen LogP contribution < -0.4 is 21.3 Å². The number of anilines is 2. The number of hydrogen-bond donors (Lipinski definition) is 3. The van der Waals surface area contributed by atoms with E-state index in [1.807, 2.05) is 6.92 Å². The van der Waals surface area contributed by atoms with Crippen LogP contribution in [0.4, 0.5) is 11.9 Å². The van der Waals surface area contributed by atoms with Crippen LogP contribution in [-0.4, -0.2) is 53.0 Å². The molecule has 106 valence electrons. The summed E-state index contributed by atoms with van der Waals surface area (Å²) in [7, 11) is 3.41. The number of hydrazine groups is 1. The third kappa shape index (κ3) is 4.92. The number of rotatable bonds is 7. The molecule has 0 spiro atoms. The average Bonchev–Trinajstić information content (AvgIpc) is 2.38. The van der Waals surface area contributed by atoms with Gasteiger partial charge in [-0.15, -0.1) is 0 Å². The van der Waals surface area contributed by atoms with Gasteiger partial charge in [0.25, 0.3) is 0 Å². The van der Waals surface area contributed by atoms with Gasteiger partial charge >= 0.3 is 6.01 Å². The van der Waals surface area contributed by atoms with Crippen LogP contribution in [0.25, 0.3) is 0 Å². The predicted molar refractivity (Wildman–Crippen MR) is 70.6 cm³/mol. The van der Waals surface area contributed by atoms with Gasteiger partial charge in [0.15, 0.2) is 0 Å². The Bertz CT molecular complexity index is 424. The van der Waals surface area contributed by atoms with E-state index in [0.29, 0.717) is 25.5 Å². The maximum Gasteiger partial charge on any atom is 0.323 e. The van der Waals surface area contributed by atoms with Gasteiger partial charge in [-0.3, -0.25) is 10.2 Å². The molecule has 0 unspecified atom stereocenters. The van der Waals surface area contributed by atoms with E-state index >= 15 is 0 Å². The largest absolute Gasteiger partial charge is 0.464 e. The first kappa shape index (κ1) is 14.9. The molecule has 0 saturated carbocycles. The number of nitrogens with zero attached hydrogens (tertiary/aromatic N) is 4. The van der Waals surface area contributed by atoms with Gasteiger partial charge in [-0.1, -0.05) is 0 Å². The van der Waals surface area contributed by atoms with Crippen molar-refractivity contribution >= 4 is 17.8 Å². The first-order valence-electron chi connectivity index (χ1n) is 5.86. The molecule has 0 aliphatic rings. The normalized spacial score (nSPS) is 9.89. The maximum absolute atomic E-state index is 11.4. The summed E-state index contributed by atoms with van der Waals surface area (Å²) in [4.78, 5) is 24.9. The van der Waals surface area contributed by atoms with E-state index in [1.165, 1.54) is 4.90 Å². The van der Waals surface area contributed by atoms with Gasteiger partial charge in [-0.05, 0) is 6.92 Å². The van der Waals surface area contributed by atoms with E-state index < -0.39 is 0 Å².